The zero-order valence-corrected chi connectivity index (χ0v) is 12.4. The molecule has 0 aliphatic rings. The Morgan fingerprint density at radius 2 is 2.00 bits per heavy atom. The van der Waals surface area contributed by atoms with Gasteiger partial charge in [0.2, 0.25) is 10.0 Å². The maximum absolute atomic E-state index is 12.3. The molecule has 0 bridgehead atoms. The van der Waals surface area contributed by atoms with Crippen molar-refractivity contribution in [2.24, 2.45) is 0 Å². The first kappa shape index (κ1) is 15.2. The molecule has 108 valence electrons. The number of benzene rings is 1. The molecule has 1 aromatic carbocycles. The highest BCUT2D eigenvalue weighted by atomic mass is 32.2. The summed E-state index contributed by atoms with van der Waals surface area (Å²) in [7, 11) is -3.74. The van der Waals surface area contributed by atoms with E-state index in [4.69, 9.17) is 5.26 Å². The molecule has 0 fully saturated rings. The molecule has 0 aliphatic heterocycles. The highest BCUT2D eigenvalue weighted by Gasteiger charge is 2.18. The first-order valence-corrected chi connectivity index (χ1v) is 7.98. The Hall–Kier alpha value is -2.23. The summed E-state index contributed by atoms with van der Waals surface area (Å²) in [6.07, 6.45) is 2.41. The van der Waals surface area contributed by atoms with Crippen molar-refractivity contribution >= 4 is 10.0 Å². The first-order valence-electron chi connectivity index (χ1n) is 6.50. The molecule has 2 rings (SSSR count). The molecule has 0 saturated heterocycles. The molecule has 0 saturated carbocycles. The maximum atomic E-state index is 12.3. The molecule has 2 aromatic rings. The Morgan fingerprint density at radius 3 is 2.71 bits per heavy atom. The second-order valence-electron chi connectivity index (χ2n) is 4.40. The van der Waals surface area contributed by atoms with Crippen molar-refractivity contribution in [1.82, 2.24) is 9.71 Å². The average molecular weight is 301 g/mol. The third-order valence-corrected chi connectivity index (χ3v) is 4.55. The van der Waals surface area contributed by atoms with Crippen LogP contribution in [-0.2, 0) is 23.0 Å². The van der Waals surface area contributed by atoms with E-state index in [0.29, 0.717) is 5.69 Å². The van der Waals surface area contributed by atoms with E-state index in [1.54, 1.807) is 18.3 Å². The summed E-state index contributed by atoms with van der Waals surface area (Å²) in [4.78, 5) is 4.18. The van der Waals surface area contributed by atoms with Crippen molar-refractivity contribution in [3.63, 3.8) is 0 Å². The van der Waals surface area contributed by atoms with Crippen LogP contribution in [0.5, 0.6) is 0 Å². The lowest BCUT2D eigenvalue weighted by molar-refractivity contribution is 0.580. The Bertz CT molecular complexity index is 780. The Balaban J connectivity index is 2.25. The van der Waals surface area contributed by atoms with E-state index >= 15 is 0 Å². The molecule has 1 N–H and O–H groups in total. The maximum Gasteiger partial charge on any atom is 0.242 e. The molecule has 0 radical (unpaired) electrons. The predicted octanol–water partition coefficient (Wildman–Crippen LogP) is 1.99. The number of aromatic nitrogens is 1. The normalized spacial score (nSPS) is 11.0. The van der Waals surface area contributed by atoms with Gasteiger partial charge in [0.25, 0.3) is 0 Å². The zero-order chi connectivity index (χ0) is 15.3. The predicted molar refractivity (Wildman–Crippen MR) is 78.8 cm³/mol. The lowest BCUT2D eigenvalue weighted by atomic mass is 10.1. The molecule has 0 aliphatic carbocycles. The molecule has 0 atom stereocenters. The number of sulfonamides is 1. The number of rotatable bonds is 5. The van der Waals surface area contributed by atoms with Gasteiger partial charge in [-0.1, -0.05) is 25.1 Å². The van der Waals surface area contributed by atoms with Crippen LogP contribution in [0.25, 0.3) is 0 Å². The molecule has 0 amide bonds. The fourth-order valence-corrected chi connectivity index (χ4v) is 3.13. The number of nitriles is 1. The lowest BCUT2D eigenvalue weighted by Crippen LogP contribution is -2.25. The van der Waals surface area contributed by atoms with Crippen molar-refractivity contribution in [2.45, 2.75) is 24.8 Å². The van der Waals surface area contributed by atoms with Crippen LogP contribution in [0.15, 0.2) is 47.5 Å². The highest BCUT2D eigenvalue weighted by Crippen LogP contribution is 2.15. The van der Waals surface area contributed by atoms with Gasteiger partial charge in [0.1, 0.15) is 6.07 Å². The smallest absolute Gasteiger partial charge is 0.242 e. The fraction of sp³-hybridized carbons (Fsp3) is 0.200. The standard InChI is InChI=1S/C15H15N3O2S/c1-2-12-7-5-9-17-14(12)11-18-21(19,20)15-8-4-3-6-13(15)10-16/h3-9,18H,2,11H2,1H3. The molecule has 1 heterocycles. The van der Waals surface area contributed by atoms with Crippen LogP contribution in [0.1, 0.15) is 23.7 Å². The Labute approximate surface area is 124 Å². The second-order valence-corrected chi connectivity index (χ2v) is 6.13. The van der Waals surface area contributed by atoms with Crippen molar-refractivity contribution in [3.05, 3.63) is 59.4 Å². The van der Waals surface area contributed by atoms with Crippen LogP contribution >= 0.6 is 0 Å². The van der Waals surface area contributed by atoms with Gasteiger partial charge in [-0.05, 0) is 30.2 Å². The third-order valence-electron chi connectivity index (χ3n) is 3.09. The summed E-state index contributed by atoms with van der Waals surface area (Å²) in [5.74, 6) is 0. The molecular formula is C15H15N3O2S. The van der Waals surface area contributed by atoms with E-state index in [9.17, 15) is 8.42 Å². The van der Waals surface area contributed by atoms with Gasteiger partial charge in [0.15, 0.2) is 0 Å². The number of nitrogens with zero attached hydrogens (tertiary/aromatic N) is 2. The van der Waals surface area contributed by atoms with Gasteiger partial charge in [-0.3, -0.25) is 4.98 Å². The minimum Gasteiger partial charge on any atom is -0.260 e. The second kappa shape index (κ2) is 6.48. The molecule has 0 unspecified atom stereocenters. The zero-order valence-electron chi connectivity index (χ0n) is 11.6. The van der Waals surface area contributed by atoms with Crippen LogP contribution in [0.2, 0.25) is 0 Å². The highest BCUT2D eigenvalue weighted by molar-refractivity contribution is 7.89. The topological polar surface area (TPSA) is 82.8 Å². The van der Waals surface area contributed by atoms with E-state index in [2.05, 4.69) is 9.71 Å². The largest absolute Gasteiger partial charge is 0.260 e. The van der Waals surface area contributed by atoms with Gasteiger partial charge >= 0.3 is 0 Å². The summed E-state index contributed by atoms with van der Waals surface area (Å²) in [5.41, 5.74) is 1.81. The van der Waals surface area contributed by atoms with E-state index in [1.165, 1.54) is 12.1 Å². The van der Waals surface area contributed by atoms with E-state index in [-0.39, 0.29) is 17.0 Å². The average Bonchev–Trinajstić information content (AvgIpc) is 2.53. The Morgan fingerprint density at radius 1 is 1.24 bits per heavy atom. The van der Waals surface area contributed by atoms with Crippen molar-refractivity contribution in [3.8, 4) is 6.07 Å². The van der Waals surface area contributed by atoms with Gasteiger partial charge in [0.05, 0.1) is 22.7 Å². The molecule has 6 heteroatoms. The number of pyridine rings is 1. The quantitative estimate of drug-likeness (QED) is 0.915. The molecular weight excluding hydrogens is 286 g/mol. The SMILES string of the molecule is CCc1cccnc1CNS(=O)(=O)c1ccccc1C#N. The van der Waals surface area contributed by atoms with Crippen molar-refractivity contribution in [1.29, 1.82) is 5.26 Å². The van der Waals surface area contributed by atoms with Crippen LogP contribution in [0.4, 0.5) is 0 Å². The van der Waals surface area contributed by atoms with Crippen LogP contribution in [-0.4, -0.2) is 13.4 Å². The monoisotopic (exact) mass is 301 g/mol. The van der Waals surface area contributed by atoms with Crippen LogP contribution < -0.4 is 4.72 Å². The number of nitrogens with one attached hydrogen (secondary N) is 1. The van der Waals surface area contributed by atoms with Gasteiger partial charge in [-0.15, -0.1) is 0 Å². The minimum absolute atomic E-state index is 0.0125. The molecule has 1 aromatic heterocycles. The molecule has 0 spiro atoms. The summed E-state index contributed by atoms with van der Waals surface area (Å²) in [6.45, 7) is 2.09. The third kappa shape index (κ3) is 3.45. The van der Waals surface area contributed by atoms with Gasteiger partial charge in [0, 0.05) is 6.20 Å². The number of hydrogen-bond acceptors (Lipinski definition) is 4. The number of aryl methyl sites for hydroxylation is 1. The number of hydrogen-bond donors (Lipinski definition) is 1. The molecule has 21 heavy (non-hydrogen) atoms. The van der Waals surface area contributed by atoms with Crippen LogP contribution in [0, 0.1) is 11.3 Å². The summed E-state index contributed by atoms with van der Waals surface area (Å²) >= 11 is 0. The Kier molecular flexibility index (Phi) is 4.68. The lowest BCUT2D eigenvalue weighted by Gasteiger charge is -2.10. The summed E-state index contributed by atoms with van der Waals surface area (Å²) in [5, 5.41) is 8.99. The minimum atomic E-state index is -3.74. The first-order chi connectivity index (χ1) is 10.1. The van der Waals surface area contributed by atoms with E-state index in [1.807, 2.05) is 25.1 Å². The van der Waals surface area contributed by atoms with Gasteiger partial charge in [-0.25, -0.2) is 13.1 Å². The van der Waals surface area contributed by atoms with E-state index < -0.39 is 10.0 Å². The fourth-order valence-electron chi connectivity index (χ4n) is 1.99. The summed E-state index contributed by atoms with van der Waals surface area (Å²) in [6, 6.07) is 11.7. The summed E-state index contributed by atoms with van der Waals surface area (Å²) < 4.78 is 27.1. The van der Waals surface area contributed by atoms with Crippen molar-refractivity contribution < 1.29 is 8.42 Å². The van der Waals surface area contributed by atoms with Gasteiger partial charge < -0.3 is 0 Å². The van der Waals surface area contributed by atoms with Crippen LogP contribution in [0.3, 0.4) is 0 Å². The van der Waals surface area contributed by atoms with Gasteiger partial charge in [-0.2, -0.15) is 5.26 Å². The molecule has 5 nitrogen and oxygen atoms in total. The van der Waals surface area contributed by atoms with E-state index in [0.717, 1.165) is 12.0 Å². The van der Waals surface area contributed by atoms with Crippen molar-refractivity contribution in [2.75, 3.05) is 0 Å².